The molecule has 34 heavy (non-hydrogen) atoms. The van der Waals surface area contributed by atoms with Gasteiger partial charge in [0.05, 0.1) is 10.8 Å². The molecule has 0 saturated carbocycles. The lowest BCUT2D eigenvalue weighted by molar-refractivity contribution is 0.0967. The average Bonchev–Trinajstić information content (AvgIpc) is 3.15. The van der Waals surface area contributed by atoms with Gasteiger partial charge in [-0.2, -0.15) is 0 Å². The van der Waals surface area contributed by atoms with Gasteiger partial charge in [-0.1, -0.05) is 48.0 Å². The van der Waals surface area contributed by atoms with Gasteiger partial charge in [0.15, 0.2) is 5.78 Å². The summed E-state index contributed by atoms with van der Waals surface area (Å²) >= 11 is 8.18. The lowest BCUT2D eigenvalue weighted by Gasteiger charge is -2.39. The Hall–Kier alpha value is -2.21. The van der Waals surface area contributed by atoms with E-state index in [9.17, 15) is 13.6 Å². The molecule has 3 aromatic carbocycles. The first-order chi connectivity index (χ1) is 16.4. The third-order valence-corrected chi connectivity index (χ3v) is 9.12. The quantitative estimate of drug-likeness (QED) is 0.331. The molecular formula is C28H26ClF2NOS. The zero-order valence-electron chi connectivity index (χ0n) is 18.8. The Balaban J connectivity index is 1.20. The van der Waals surface area contributed by atoms with Crippen molar-refractivity contribution in [2.45, 2.75) is 35.7 Å². The van der Waals surface area contributed by atoms with Gasteiger partial charge in [-0.25, -0.2) is 8.78 Å². The van der Waals surface area contributed by atoms with Gasteiger partial charge < -0.3 is 4.90 Å². The summed E-state index contributed by atoms with van der Waals surface area (Å²) in [5.74, 6) is -1.71. The van der Waals surface area contributed by atoms with E-state index in [4.69, 9.17) is 11.6 Å². The number of piperidine rings is 1. The SMILES string of the molecule is O=C(CCCN1CCC2(CC1)SC(c1ccc(Cl)cc1)c1ccccc12)c1ccc(F)cc1F. The van der Waals surface area contributed by atoms with Gasteiger partial charge in [-0.3, -0.25) is 4.79 Å². The predicted octanol–water partition coefficient (Wildman–Crippen LogP) is 7.41. The number of fused-ring (bicyclic) bond motifs is 2. The smallest absolute Gasteiger partial charge is 0.165 e. The molecule has 1 saturated heterocycles. The number of carbonyl (C=O) groups excluding carboxylic acids is 1. The Morgan fingerprint density at radius 2 is 1.76 bits per heavy atom. The van der Waals surface area contributed by atoms with Crippen molar-refractivity contribution in [2.24, 2.45) is 0 Å². The van der Waals surface area contributed by atoms with Gasteiger partial charge in [0.2, 0.25) is 0 Å². The Morgan fingerprint density at radius 3 is 2.50 bits per heavy atom. The summed E-state index contributed by atoms with van der Waals surface area (Å²) < 4.78 is 27.1. The molecule has 1 fully saturated rings. The Kier molecular flexibility index (Phi) is 6.79. The van der Waals surface area contributed by atoms with Gasteiger partial charge in [0.25, 0.3) is 0 Å². The van der Waals surface area contributed by atoms with Crippen molar-refractivity contribution in [1.82, 2.24) is 4.90 Å². The maximum Gasteiger partial charge on any atom is 0.165 e. The number of Topliss-reactive ketones (excluding diaryl/α,β-unsaturated/α-hetero) is 1. The molecule has 2 aliphatic heterocycles. The molecule has 2 aliphatic rings. The summed E-state index contributed by atoms with van der Waals surface area (Å²) in [6.45, 7) is 2.74. The van der Waals surface area contributed by atoms with Crippen molar-refractivity contribution in [3.8, 4) is 0 Å². The molecule has 1 spiro atoms. The zero-order valence-corrected chi connectivity index (χ0v) is 20.3. The fraction of sp³-hybridized carbons (Fsp3) is 0.321. The van der Waals surface area contributed by atoms with Crippen LogP contribution < -0.4 is 0 Å². The normalized spacial score (nSPS) is 19.3. The monoisotopic (exact) mass is 497 g/mol. The number of halogens is 3. The molecule has 5 rings (SSSR count). The minimum Gasteiger partial charge on any atom is -0.303 e. The van der Waals surface area contributed by atoms with Crippen LogP contribution in [-0.4, -0.2) is 30.3 Å². The molecule has 1 unspecified atom stereocenters. The highest BCUT2D eigenvalue weighted by atomic mass is 35.5. The highest BCUT2D eigenvalue weighted by molar-refractivity contribution is 8.01. The molecule has 0 amide bonds. The lowest BCUT2D eigenvalue weighted by Crippen LogP contribution is -2.40. The van der Waals surface area contributed by atoms with E-state index >= 15 is 0 Å². The fourth-order valence-electron chi connectivity index (χ4n) is 5.22. The van der Waals surface area contributed by atoms with Gasteiger partial charge in [-0.15, -0.1) is 11.8 Å². The standard InChI is InChI=1S/C28H26ClF2NOS/c29-20-9-7-19(8-10-20)27-22-4-1-2-5-24(22)28(34-27)13-16-32(17-14-28)15-3-6-26(33)23-12-11-21(30)18-25(23)31/h1-2,4-5,7-12,18,27H,3,6,13-17H2. The second-order valence-corrected chi connectivity index (χ2v) is 11.0. The number of hydrogen-bond donors (Lipinski definition) is 0. The molecule has 0 N–H and O–H groups in total. The van der Waals surface area contributed by atoms with Gasteiger partial charge >= 0.3 is 0 Å². The minimum absolute atomic E-state index is 0.0220. The van der Waals surface area contributed by atoms with E-state index < -0.39 is 11.6 Å². The number of hydrogen-bond acceptors (Lipinski definition) is 3. The van der Waals surface area contributed by atoms with Gasteiger partial charge in [-0.05, 0) is 79.9 Å². The second kappa shape index (κ2) is 9.80. The highest BCUT2D eigenvalue weighted by Crippen LogP contribution is 2.61. The first kappa shape index (κ1) is 23.5. The third kappa shape index (κ3) is 4.66. The van der Waals surface area contributed by atoms with Crippen molar-refractivity contribution < 1.29 is 13.6 Å². The summed E-state index contributed by atoms with van der Waals surface area (Å²) in [4.78, 5) is 14.8. The predicted molar refractivity (Wildman–Crippen MR) is 135 cm³/mol. The van der Waals surface area contributed by atoms with E-state index in [0.717, 1.165) is 49.6 Å². The summed E-state index contributed by atoms with van der Waals surface area (Å²) in [6, 6.07) is 20.1. The third-order valence-electron chi connectivity index (χ3n) is 7.02. The Labute approximate surface area is 208 Å². The number of nitrogens with zero attached hydrogens (tertiary/aromatic N) is 1. The molecule has 2 heterocycles. The molecule has 176 valence electrons. The van der Waals surface area contributed by atoms with E-state index in [1.54, 1.807) is 0 Å². The minimum atomic E-state index is -0.780. The van der Waals surface area contributed by atoms with Crippen LogP contribution in [-0.2, 0) is 4.75 Å². The molecule has 0 aliphatic carbocycles. The van der Waals surface area contributed by atoms with Crippen LogP contribution in [0, 0.1) is 11.6 Å². The van der Waals surface area contributed by atoms with E-state index in [2.05, 4.69) is 53.1 Å². The van der Waals surface area contributed by atoms with Crippen molar-refractivity contribution in [1.29, 1.82) is 0 Å². The number of carbonyl (C=O) groups is 1. The molecule has 2 nitrogen and oxygen atoms in total. The van der Waals surface area contributed by atoms with Crippen LogP contribution in [0.15, 0.2) is 66.7 Å². The molecular weight excluding hydrogens is 472 g/mol. The summed E-state index contributed by atoms with van der Waals surface area (Å²) in [6.07, 6.45) is 3.04. The zero-order chi connectivity index (χ0) is 23.7. The van der Waals surface area contributed by atoms with Crippen molar-refractivity contribution >= 4 is 29.1 Å². The van der Waals surface area contributed by atoms with Gasteiger partial charge in [0.1, 0.15) is 11.6 Å². The fourth-order valence-corrected chi connectivity index (χ4v) is 7.15. The number of benzene rings is 3. The number of thioether (sulfide) groups is 1. The van der Waals surface area contributed by atoms with Crippen LogP contribution in [0.3, 0.4) is 0 Å². The van der Waals surface area contributed by atoms with Crippen LogP contribution in [0.2, 0.25) is 5.02 Å². The maximum absolute atomic E-state index is 13.9. The molecule has 0 radical (unpaired) electrons. The summed E-state index contributed by atoms with van der Waals surface area (Å²) in [7, 11) is 0. The molecule has 3 aromatic rings. The first-order valence-corrected chi connectivity index (χ1v) is 12.9. The molecule has 0 aromatic heterocycles. The van der Waals surface area contributed by atoms with Crippen LogP contribution in [0.4, 0.5) is 8.78 Å². The van der Waals surface area contributed by atoms with E-state index in [1.165, 1.54) is 22.8 Å². The second-order valence-electron chi connectivity index (χ2n) is 9.12. The first-order valence-electron chi connectivity index (χ1n) is 11.7. The van der Waals surface area contributed by atoms with Crippen LogP contribution in [0.25, 0.3) is 0 Å². The van der Waals surface area contributed by atoms with E-state index in [0.29, 0.717) is 11.7 Å². The van der Waals surface area contributed by atoms with Crippen LogP contribution >= 0.6 is 23.4 Å². The van der Waals surface area contributed by atoms with Crippen molar-refractivity contribution in [3.05, 3.63) is 106 Å². The Bertz CT molecular complexity index is 1190. The summed E-state index contributed by atoms with van der Waals surface area (Å²) in [5, 5.41) is 1.06. The maximum atomic E-state index is 13.9. The summed E-state index contributed by atoms with van der Waals surface area (Å²) in [5.41, 5.74) is 4.11. The van der Waals surface area contributed by atoms with Crippen LogP contribution in [0.5, 0.6) is 0 Å². The van der Waals surface area contributed by atoms with Gasteiger partial charge in [0, 0.05) is 22.3 Å². The van der Waals surface area contributed by atoms with Crippen molar-refractivity contribution in [3.63, 3.8) is 0 Å². The topological polar surface area (TPSA) is 20.3 Å². The Morgan fingerprint density at radius 1 is 1.03 bits per heavy atom. The van der Waals surface area contributed by atoms with E-state index in [1.807, 2.05) is 12.1 Å². The molecule has 0 bridgehead atoms. The lowest BCUT2D eigenvalue weighted by atomic mass is 9.84. The number of likely N-dealkylation sites (tertiary alicyclic amines) is 1. The molecule has 1 atom stereocenters. The number of ketones is 1. The van der Waals surface area contributed by atoms with E-state index in [-0.39, 0.29) is 22.5 Å². The van der Waals surface area contributed by atoms with Crippen LogP contribution in [0.1, 0.15) is 58.0 Å². The van der Waals surface area contributed by atoms with Crippen molar-refractivity contribution in [2.75, 3.05) is 19.6 Å². The highest BCUT2D eigenvalue weighted by Gasteiger charge is 2.46. The largest absolute Gasteiger partial charge is 0.303 e. The number of rotatable bonds is 6. The average molecular weight is 498 g/mol. The molecule has 6 heteroatoms.